The van der Waals surface area contributed by atoms with Crippen LogP contribution in [0, 0.1) is 17.6 Å². The van der Waals surface area contributed by atoms with E-state index >= 15 is 0 Å². The Morgan fingerprint density at radius 2 is 1.90 bits per heavy atom. The molecule has 1 fully saturated rings. The Labute approximate surface area is 124 Å². The van der Waals surface area contributed by atoms with Crippen LogP contribution in [0.25, 0.3) is 0 Å². The summed E-state index contributed by atoms with van der Waals surface area (Å²) in [4.78, 5) is 1.86. The van der Waals surface area contributed by atoms with Crippen LogP contribution in [0.2, 0.25) is 0 Å². The van der Waals surface area contributed by atoms with Crippen molar-refractivity contribution in [3.8, 4) is 0 Å². The Morgan fingerprint density at radius 3 is 2.50 bits per heavy atom. The summed E-state index contributed by atoms with van der Waals surface area (Å²) in [5, 5.41) is 0. The van der Waals surface area contributed by atoms with Gasteiger partial charge >= 0.3 is 0 Å². The predicted molar refractivity (Wildman–Crippen MR) is 80.4 cm³/mol. The van der Waals surface area contributed by atoms with Crippen molar-refractivity contribution < 1.29 is 8.78 Å². The second kappa shape index (κ2) is 7.26. The summed E-state index contributed by atoms with van der Waals surface area (Å²) < 4.78 is 28.2. The highest BCUT2D eigenvalue weighted by Crippen LogP contribution is 2.30. The average molecular weight is 302 g/mol. The van der Waals surface area contributed by atoms with Gasteiger partial charge in [-0.05, 0) is 42.9 Å². The molecule has 0 amide bonds. The van der Waals surface area contributed by atoms with Crippen LogP contribution in [0.5, 0.6) is 0 Å². The molecule has 0 N–H and O–H groups in total. The highest BCUT2D eigenvalue weighted by atomic mass is 35.5. The molecule has 0 aliphatic carbocycles. The molecule has 0 spiro atoms. The van der Waals surface area contributed by atoms with Gasteiger partial charge in [0.05, 0.1) is 0 Å². The molecule has 0 saturated carbocycles. The lowest BCUT2D eigenvalue weighted by molar-refractivity contribution is 0.435. The van der Waals surface area contributed by atoms with Crippen LogP contribution in [0.15, 0.2) is 12.1 Å². The first-order chi connectivity index (χ1) is 9.65. The van der Waals surface area contributed by atoms with Crippen LogP contribution in [-0.4, -0.2) is 13.1 Å². The second-order valence-electron chi connectivity index (χ2n) is 5.61. The molecule has 4 heteroatoms. The van der Waals surface area contributed by atoms with Gasteiger partial charge in [0.1, 0.15) is 17.3 Å². The summed E-state index contributed by atoms with van der Waals surface area (Å²) in [5.41, 5.74) is 0.611. The molecule has 1 nitrogen and oxygen atoms in total. The first-order valence-corrected chi connectivity index (χ1v) is 7.98. The lowest BCUT2D eigenvalue weighted by Gasteiger charge is -2.24. The molecule has 1 aromatic carbocycles. The summed E-state index contributed by atoms with van der Waals surface area (Å²) in [6, 6.07) is 2.69. The lowest BCUT2D eigenvalue weighted by atomic mass is 9.96. The van der Waals surface area contributed by atoms with Crippen molar-refractivity contribution in [3.05, 3.63) is 29.3 Å². The van der Waals surface area contributed by atoms with E-state index in [1.54, 1.807) is 0 Å². The third-order valence-corrected chi connectivity index (χ3v) is 4.40. The van der Waals surface area contributed by atoms with Gasteiger partial charge in [-0.1, -0.05) is 19.8 Å². The van der Waals surface area contributed by atoms with Crippen molar-refractivity contribution in [2.24, 2.45) is 5.92 Å². The molecule has 1 saturated heterocycles. The molecule has 2 rings (SSSR count). The SMILES string of the molecule is CCCC1CCCN(c2c(F)cc(CCl)cc2F)CC1. The molecule has 112 valence electrons. The van der Waals surface area contributed by atoms with Crippen molar-refractivity contribution in [2.45, 2.75) is 44.9 Å². The zero-order chi connectivity index (χ0) is 14.5. The largest absolute Gasteiger partial charge is 0.367 e. The molecule has 1 aliphatic rings. The minimum atomic E-state index is -0.491. The maximum Gasteiger partial charge on any atom is 0.149 e. The topological polar surface area (TPSA) is 3.24 Å². The summed E-state index contributed by atoms with van der Waals surface area (Å²) >= 11 is 5.64. The minimum absolute atomic E-state index is 0.121. The van der Waals surface area contributed by atoms with Crippen molar-refractivity contribution in [2.75, 3.05) is 18.0 Å². The monoisotopic (exact) mass is 301 g/mol. The molecule has 0 radical (unpaired) electrons. The average Bonchev–Trinajstić information content (AvgIpc) is 2.64. The zero-order valence-electron chi connectivity index (χ0n) is 12.0. The van der Waals surface area contributed by atoms with Crippen LogP contribution >= 0.6 is 11.6 Å². The second-order valence-corrected chi connectivity index (χ2v) is 5.88. The molecule has 1 aromatic rings. The standard InChI is InChI=1S/C16H22ClF2N/c1-2-4-12-5-3-7-20(8-6-12)16-14(18)9-13(11-17)10-15(16)19/h9-10,12H,2-8,11H2,1H3. The van der Waals surface area contributed by atoms with Gasteiger partial charge in [0.2, 0.25) is 0 Å². The number of benzene rings is 1. The van der Waals surface area contributed by atoms with Gasteiger partial charge in [-0.2, -0.15) is 0 Å². The quantitative estimate of drug-likeness (QED) is 0.699. The van der Waals surface area contributed by atoms with Gasteiger partial charge in [-0.3, -0.25) is 0 Å². The molecule has 0 aromatic heterocycles. The van der Waals surface area contributed by atoms with E-state index in [-0.39, 0.29) is 11.6 Å². The Balaban J connectivity index is 2.15. The van der Waals surface area contributed by atoms with Crippen molar-refractivity contribution >= 4 is 17.3 Å². The number of rotatable bonds is 4. The number of halogens is 3. The van der Waals surface area contributed by atoms with E-state index in [9.17, 15) is 8.78 Å². The predicted octanol–water partition coefficient (Wildman–Crippen LogP) is 5.11. The van der Waals surface area contributed by atoms with Gasteiger partial charge in [0.25, 0.3) is 0 Å². The number of alkyl halides is 1. The van der Waals surface area contributed by atoms with E-state index in [0.29, 0.717) is 11.5 Å². The van der Waals surface area contributed by atoms with Gasteiger partial charge < -0.3 is 4.90 Å². The highest BCUT2D eigenvalue weighted by Gasteiger charge is 2.22. The summed E-state index contributed by atoms with van der Waals surface area (Å²) in [6.07, 6.45) is 5.57. The van der Waals surface area contributed by atoms with Crippen LogP contribution in [0.1, 0.15) is 44.6 Å². The van der Waals surface area contributed by atoms with Crippen molar-refractivity contribution in [1.82, 2.24) is 0 Å². The third kappa shape index (κ3) is 3.63. The Kier molecular flexibility index (Phi) is 5.64. The summed E-state index contributed by atoms with van der Waals surface area (Å²) in [5.74, 6) is -0.158. The van der Waals surface area contributed by atoms with E-state index in [4.69, 9.17) is 11.6 Å². The Bertz CT molecular complexity index is 427. The van der Waals surface area contributed by atoms with E-state index in [2.05, 4.69) is 6.92 Å². The Hall–Kier alpha value is -0.830. The number of hydrogen-bond acceptors (Lipinski definition) is 1. The first-order valence-electron chi connectivity index (χ1n) is 7.44. The van der Waals surface area contributed by atoms with Crippen LogP contribution in [0.3, 0.4) is 0 Å². The molecular weight excluding hydrogens is 280 g/mol. The van der Waals surface area contributed by atoms with Gasteiger partial charge in [-0.15, -0.1) is 11.6 Å². The number of anilines is 1. The number of nitrogens with zero attached hydrogens (tertiary/aromatic N) is 1. The first kappa shape index (κ1) is 15.6. The highest BCUT2D eigenvalue weighted by molar-refractivity contribution is 6.17. The molecule has 1 aliphatic heterocycles. The molecular formula is C16H22ClF2N. The van der Waals surface area contributed by atoms with Crippen LogP contribution in [0.4, 0.5) is 14.5 Å². The fourth-order valence-corrected chi connectivity index (χ4v) is 3.24. The number of hydrogen-bond donors (Lipinski definition) is 0. The zero-order valence-corrected chi connectivity index (χ0v) is 12.7. The summed E-state index contributed by atoms with van der Waals surface area (Å²) in [7, 11) is 0. The summed E-state index contributed by atoms with van der Waals surface area (Å²) in [6.45, 7) is 3.65. The van der Waals surface area contributed by atoms with E-state index in [1.807, 2.05) is 4.90 Å². The molecule has 1 atom stereocenters. The lowest BCUT2D eigenvalue weighted by Crippen LogP contribution is -2.26. The van der Waals surface area contributed by atoms with Gasteiger partial charge in [-0.25, -0.2) is 8.78 Å². The molecule has 1 heterocycles. The van der Waals surface area contributed by atoms with Gasteiger partial charge in [0, 0.05) is 19.0 Å². The van der Waals surface area contributed by atoms with E-state index in [0.717, 1.165) is 32.4 Å². The minimum Gasteiger partial charge on any atom is -0.367 e. The Morgan fingerprint density at radius 1 is 1.20 bits per heavy atom. The van der Waals surface area contributed by atoms with Crippen molar-refractivity contribution in [3.63, 3.8) is 0 Å². The fourth-order valence-electron chi connectivity index (χ4n) is 3.08. The maximum atomic E-state index is 14.1. The van der Waals surface area contributed by atoms with Crippen LogP contribution in [-0.2, 0) is 5.88 Å². The molecule has 0 bridgehead atoms. The van der Waals surface area contributed by atoms with E-state index in [1.165, 1.54) is 25.0 Å². The van der Waals surface area contributed by atoms with Crippen molar-refractivity contribution in [1.29, 1.82) is 0 Å². The van der Waals surface area contributed by atoms with Gasteiger partial charge in [0.15, 0.2) is 0 Å². The normalized spacial score (nSPS) is 20.0. The molecule has 20 heavy (non-hydrogen) atoms. The fraction of sp³-hybridized carbons (Fsp3) is 0.625. The molecule has 1 unspecified atom stereocenters. The maximum absolute atomic E-state index is 14.1. The third-order valence-electron chi connectivity index (χ3n) is 4.09. The van der Waals surface area contributed by atoms with E-state index < -0.39 is 11.6 Å². The smallest absolute Gasteiger partial charge is 0.149 e. The van der Waals surface area contributed by atoms with Crippen LogP contribution < -0.4 is 4.90 Å².